The lowest BCUT2D eigenvalue weighted by Crippen LogP contribution is -2.30. The number of rotatable bonds is 42. The van der Waals surface area contributed by atoms with Gasteiger partial charge >= 0.3 is 27.6 Å². The van der Waals surface area contributed by atoms with E-state index in [9.17, 15) is 33.5 Å². The molecule has 14 nitrogen and oxygen atoms in total. The number of esters is 2. The highest BCUT2D eigenvalue weighted by Gasteiger charge is 2.28. The molecule has 0 saturated carbocycles. The third-order valence-electron chi connectivity index (χ3n) is 9.03. The van der Waals surface area contributed by atoms with Gasteiger partial charge < -0.3 is 29.3 Å². The van der Waals surface area contributed by atoms with Crippen LogP contribution >= 0.6 is 15.6 Å². The molecule has 0 aromatic heterocycles. The summed E-state index contributed by atoms with van der Waals surface area (Å²) in [5, 5.41) is 9.75. The second kappa shape index (κ2) is 41.0. The summed E-state index contributed by atoms with van der Waals surface area (Å²) in [6, 6.07) is 0. The van der Waals surface area contributed by atoms with E-state index in [-0.39, 0.29) is 31.5 Å². The average molecular weight is 917 g/mol. The number of ketones is 1. The third kappa shape index (κ3) is 43.9. The first-order valence-electron chi connectivity index (χ1n) is 22.6. The Morgan fingerprint density at radius 1 is 0.516 bits per heavy atom. The molecule has 0 aliphatic heterocycles. The van der Waals surface area contributed by atoms with Crippen molar-refractivity contribution in [2.24, 2.45) is 0 Å². The zero-order valence-electron chi connectivity index (χ0n) is 37.4. The molecule has 1 unspecified atom stereocenters. The number of aliphatic hydroxyl groups excluding tert-OH is 1. The van der Waals surface area contributed by atoms with Crippen LogP contribution in [-0.2, 0) is 46.6 Å². The van der Waals surface area contributed by atoms with Gasteiger partial charge in [-0.15, -0.1) is 0 Å². The second-order valence-electron chi connectivity index (χ2n) is 15.0. The van der Waals surface area contributed by atoms with Gasteiger partial charge in [0.15, 0.2) is 11.9 Å². The zero-order valence-corrected chi connectivity index (χ0v) is 39.2. The predicted octanol–water partition coefficient (Wildman–Crippen LogP) is 11.0. The topological polar surface area (TPSA) is 212 Å². The van der Waals surface area contributed by atoms with Crippen LogP contribution in [0.5, 0.6) is 0 Å². The predicted molar refractivity (Wildman–Crippen MR) is 244 cm³/mol. The number of ether oxygens (including phenoxy) is 2. The molecule has 0 bridgehead atoms. The van der Waals surface area contributed by atoms with E-state index in [2.05, 4.69) is 71.5 Å². The van der Waals surface area contributed by atoms with Gasteiger partial charge in [-0.3, -0.25) is 28.0 Å². The molecule has 0 fully saturated rings. The van der Waals surface area contributed by atoms with Gasteiger partial charge in [0.25, 0.3) is 0 Å². The Morgan fingerprint density at radius 3 is 1.58 bits per heavy atom. The van der Waals surface area contributed by atoms with E-state index in [1.165, 1.54) is 44.6 Å². The van der Waals surface area contributed by atoms with Crippen molar-refractivity contribution in [2.75, 3.05) is 26.4 Å². The zero-order chi connectivity index (χ0) is 46.0. The number of phosphoric ester groups is 2. The van der Waals surface area contributed by atoms with Crippen LogP contribution in [0.25, 0.3) is 0 Å². The number of allylic oxidation sites excluding steroid dienone is 12. The lowest BCUT2D eigenvalue weighted by Gasteiger charge is -2.20. The molecule has 0 amide bonds. The van der Waals surface area contributed by atoms with E-state index in [1.54, 1.807) is 12.2 Å². The molecule has 0 aliphatic rings. The number of aliphatic hydroxyl groups is 1. The molecule has 4 N–H and O–H groups in total. The highest BCUT2D eigenvalue weighted by Crippen LogP contribution is 2.43. The fourth-order valence-corrected chi connectivity index (χ4v) is 6.72. The van der Waals surface area contributed by atoms with Crippen LogP contribution in [0.2, 0.25) is 0 Å². The van der Waals surface area contributed by atoms with E-state index < -0.39 is 66.2 Å². The number of phosphoric acid groups is 2. The van der Waals surface area contributed by atoms with Gasteiger partial charge in [0.2, 0.25) is 0 Å². The molecule has 356 valence electrons. The van der Waals surface area contributed by atoms with E-state index in [0.717, 1.165) is 77.0 Å². The Morgan fingerprint density at radius 2 is 1.00 bits per heavy atom. The molecule has 0 aromatic rings. The van der Waals surface area contributed by atoms with Crippen molar-refractivity contribution < 1.29 is 66.3 Å². The van der Waals surface area contributed by atoms with E-state index >= 15 is 0 Å². The largest absolute Gasteiger partial charge is 0.472 e. The molecular weight excluding hydrogens is 838 g/mol. The molecule has 0 aromatic carbocycles. The van der Waals surface area contributed by atoms with Crippen LogP contribution < -0.4 is 0 Å². The summed E-state index contributed by atoms with van der Waals surface area (Å²) < 4.78 is 47.6. The summed E-state index contributed by atoms with van der Waals surface area (Å²) >= 11 is 0. The minimum atomic E-state index is -4.89. The summed E-state index contributed by atoms with van der Waals surface area (Å²) in [7, 11) is -9.77. The Balaban J connectivity index is 4.71. The molecular formula is C46H78O14P2. The first kappa shape index (κ1) is 59.2. The number of unbranched alkanes of at least 4 members (excludes halogenated alkanes) is 13. The molecule has 0 spiro atoms. The Kier molecular flexibility index (Phi) is 39.1. The summed E-state index contributed by atoms with van der Waals surface area (Å²) in [4.78, 5) is 65.0. The highest BCUT2D eigenvalue weighted by molar-refractivity contribution is 7.47. The maximum absolute atomic E-state index is 12.7. The minimum absolute atomic E-state index is 0.0720. The van der Waals surface area contributed by atoms with Crippen LogP contribution in [-0.4, -0.2) is 76.1 Å². The van der Waals surface area contributed by atoms with Gasteiger partial charge in [-0.2, -0.15) is 0 Å². The molecule has 16 heteroatoms. The Hall–Kier alpha value is -2.77. The number of hydrogen-bond donors (Lipinski definition) is 4. The van der Waals surface area contributed by atoms with Gasteiger partial charge in [-0.1, -0.05) is 138 Å². The lowest BCUT2D eigenvalue weighted by molar-refractivity contribution is -0.161. The molecule has 0 aliphatic carbocycles. The van der Waals surface area contributed by atoms with Crippen molar-refractivity contribution in [2.45, 2.75) is 174 Å². The lowest BCUT2D eigenvalue weighted by atomic mass is 10.1. The van der Waals surface area contributed by atoms with Gasteiger partial charge in [0.1, 0.15) is 12.7 Å². The van der Waals surface area contributed by atoms with Crippen LogP contribution in [0.15, 0.2) is 72.9 Å². The molecule has 0 radical (unpaired) electrons. The molecule has 0 rings (SSSR count). The summed E-state index contributed by atoms with van der Waals surface area (Å²) in [6.07, 6.45) is 41.8. The van der Waals surface area contributed by atoms with Crippen LogP contribution in [0.3, 0.4) is 0 Å². The number of hydrogen-bond acceptors (Lipinski definition) is 11. The minimum Gasteiger partial charge on any atom is -0.462 e. The first-order chi connectivity index (χ1) is 29.8. The number of carbonyl (C=O) groups excluding carboxylic acids is 3. The Bertz CT molecular complexity index is 1430. The SMILES string of the molecule is CCCCC/C=C\C/C=C\C/C=C\C=C\C(=O)CCCC(=O)O[C@H](COC(=O)CCCCCCCCC/C=C\C/C=C\CCCCC)COP(=O)(O)OC[C@@H](O)COP(=O)(O)O. The average Bonchev–Trinajstić information content (AvgIpc) is 3.22. The van der Waals surface area contributed by atoms with Crippen molar-refractivity contribution in [1.29, 1.82) is 0 Å². The summed E-state index contributed by atoms with van der Waals surface area (Å²) in [5.74, 6) is -1.49. The van der Waals surface area contributed by atoms with Gasteiger partial charge in [-0.25, -0.2) is 9.13 Å². The quantitative estimate of drug-likeness (QED) is 0.0112. The van der Waals surface area contributed by atoms with Gasteiger partial charge in [0, 0.05) is 19.3 Å². The third-order valence-corrected chi connectivity index (χ3v) is 10.5. The fourth-order valence-electron chi connectivity index (χ4n) is 5.57. The standard InChI is InChI=1S/C46H78O14P2/c1-3-5-7-9-11-13-15-17-18-19-20-22-24-26-28-30-32-36-45(49)56-40-44(41-59-62(54,55)58-39-43(48)38-57-61(51,52)53)60-46(50)37-33-35-42(47)34-31-29-27-25-23-21-16-14-12-10-8-6-4-2/h11-14,17-18,21,23,27,29,31,34,43-44,48H,3-10,15-16,19-20,22,24-26,28,30,32-33,35-41H2,1-2H3,(H,54,55)(H2,51,52,53)/b13-11-,14-12-,18-17-,23-21-,29-27-,34-31+/t43-,44+/m0/s1. The van der Waals surface area contributed by atoms with Crippen LogP contribution in [0.4, 0.5) is 0 Å². The maximum Gasteiger partial charge on any atom is 0.472 e. The number of carbonyl (C=O) groups is 3. The normalized spacial score (nSPS) is 14.5. The van der Waals surface area contributed by atoms with Crippen molar-refractivity contribution >= 4 is 33.4 Å². The van der Waals surface area contributed by atoms with Crippen LogP contribution in [0.1, 0.15) is 162 Å². The fraction of sp³-hybridized carbons (Fsp3) is 0.674. The molecule has 3 atom stereocenters. The van der Waals surface area contributed by atoms with Gasteiger partial charge in [-0.05, 0) is 76.7 Å². The maximum atomic E-state index is 12.7. The monoisotopic (exact) mass is 916 g/mol. The molecule has 62 heavy (non-hydrogen) atoms. The molecule has 0 heterocycles. The Labute approximate surface area is 371 Å². The summed E-state index contributed by atoms with van der Waals surface area (Å²) in [6.45, 7) is 1.42. The molecule has 0 saturated heterocycles. The smallest absolute Gasteiger partial charge is 0.462 e. The van der Waals surface area contributed by atoms with E-state index in [1.807, 2.05) is 6.08 Å². The van der Waals surface area contributed by atoms with Crippen molar-refractivity contribution in [3.8, 4) is 0 Å². The second-order valence-corrected chi connectivity index (χ2v) is 17.7. The van der Waals surface area contributed by atoms with Crippen LogP contribution in [0, 0.1) is 0 Å². The summed E-state index contributed by atoms with van der Waals surface area (Å²) in [5.41, 5.74) is 0. The van der Waals surface area contributed by atoms with Gasteiger partial charge in [0.05, 0.1) is 19.8 Å². The van der Waals surface area contributed by atoms with Crippen molar-refractivity contribution in [1.82, 2.24) is 0 Å². The highest BCUT2D eigenvalue weighted by atomic mass is 31.2. The van der Waals surface area contributed by atoms with E-state index in [4.69, 9.17) is 23.8 Å². The van der Waals surface area contributed by atoms with E-state index in [0.29, 0.717) is 6.42 Å². The first-order valence-corrected chi connectivity index (χ1v) is 25.6. The van der Waals surface area contributed by atoms with Crippen molar-refractivity contribution in [3.05, 3.63) is 72.9 Å². The van der Waals surface area contributed by atoms with Crippen molar-refractivity contribution in [3.63, 3.8) is 0 Å².